The summed E-state index contributed by atoms with van der Waals surface area (Å²) in [4.78, 5) is 23.5. The summed E-state index contributed by atoms with van der Waals surface area (Å²) in [6.45, 7) is 2.12. The summed E-state index contributed by atoms with van der Waals surface area (Å²) < 4.78 is 6.11. The first kappa shape index (κ1) is 23.1. The van der Waals surface area contributed by atoms with Gasteiger partial charge in [0.25, 0.3) is 5.91 Å². The Morgan fingerprint density at radius 1 is 1.11 bits per heavy atom. The van der Waals surface area contributed by atoms with Gasteiger partial charge in [-0.1, -0.05) is 61.4 Å². The summed E-state index contributed by atoms with van der Waals surface area (Å²) in [7, 11) is 1.57. The Hall–Kier alpha value is -1.89. The fourth-order valence-electron chi connectivity index (χ4n) is 2.53. The molecule has 0 unspecified atom stereocenters. The van der Waals surface area contributed by atoms with E-state index >= 15 is 0 Å². The van der Waals surface area contributed by atoms with Gasteiger partial charge in [-0.05, 0) is 24.6 Å². The maximum atomic E-state index is 11.8. The molecule has 1 aromatic carbocycles. The average Bonchev–Trinajstić information content (AvgIpc) is 2.66. The summed E-state index contributed by atoms with van der Waals surface area (Å²) in [5.41, 5.74) is 3.13. The van der Waals surface area contributed by atoms with E-state index in [1.165, 1.54) is 38.3 Å². The van der Waals surface area contributed by atoms with E-state index in [9.17, 15) is 9.59 Å². The molecule has 2 N–H and O–H groups in total. The van der Waals surface area contributed by atoms with Crippen LogP contribution in [0.1, 0.15) is 63.9 Å². The number of carbonyl (C=O) groups excluding carboxylic acids is 2. The van der Waals surface area contributed by atoms with Gasteiger partial charge in [-0.2, -0.15) is 5.10 Å². The Balaban J connectivity index is 2.20. The van der Waals surface area contributed by atoms with Crippen LogP contribution < -0.4 is 15.5 Å². The van der Waals surface area contributed by atoms with Crippen LogP contribution in [0.5, 0.6) is 5.75 Å². The molecule has 0 aliphatic rings. The van der Waals surface area contributed by atoms with Crippen molar-refractivity contribution in [3.63, 3.8) is 0 Å². The molecule has 0 saturated heterocycles. The number of ether oxygens (including phenoxy) is 1. The number of nitrogens with zero attached hydrogens (tertiary/aromatic N) is 1. The highest BCUT2D eigenvalue weighted by Gasteiger charge is 2.05. The summed E-state index contributed by atoms with van der Waals surface area (Å²) in [6.07, 6.45) is 10.1. The number of unbranched alkanes of at least 4 members (excludes halogenated alkanes) is 6. The molecule has 0 atom stereocenters. The first-order chi connectivity index (χ1) is 13.1. The van der Waals surface area contributed by atoms with E-state index < -0.39 is 0 Å². The summed E-state index contributed by atoms with van der Waals surface area (Å²) in [6, 6.07) is 5.49. The molecule has 1 aromatic rings. The summed E-state index contributed by atoms with van der Waals surface area (Å²) in [5.74, 6) is 0.184. The molecule has 0 aliphatic carbocycles. The van der Waals surface area contributed by atoms with E-state index in [0.29, 0.717) is 12.2 Å². The third kappa shape index (κ3) is 10.8. The molecule has 0 spiro atoms. The molecule has 150 valence electrons. The highest BCUT2D eigenvalue weighted by molar-refractivity contribution is 9.10. The van der Waals surface area contributed by atoms with Gasteiger partial charge in [-0.25, -0.2) is 5.43 Å². The zero-order valence-electron chi connectivity index (χ0n) is 16.2. The number of amides is 2. The van der Waals surface area contributed by atoms with Gasteiger partial charge in [0.05, 0.1) is 19.9 Å². The van der Waals surface area contributed by atoms with Crippen molar-refractivity contribution < 1.29 is 14.3 Å². The molecule has 0 fully saturated rings. The van der Waals surface area contributed by atoms with Crippen LogP contribution in [0.2, 0.25) is 0 Å². The van der Waals surface area contributed by atoms with Gasteiger partial charge >= 0.3 is 0 Å². The van der Waals surface area contributed by atoms with Crippen molar-refractivity contribution in [3.8, 4) is 5.75 Å². The topological polar surface area (TPSA) is 79.8 Å². The van der Waals surface area contributed by atoms with Crippen molar-refractivity contribution in [1.82, 2.24) is 10.7 Å². The van der Waals surface area contributed by atoms with E-state index in [0.717, 1.165) is 22.9 Å². The summed E-state index contributed by atoms with van der Waals surface area (Å²) >= 11 is 3.38. The van der Waals surface area contributed by atoms with Gasteiger partial charge in [0, 0.05) is 16.5 Å². The van der Waals surface area contributed by atoms with E-state index in [-0.39, 0.29) is 18.4 Å². The number of hydrazone groups is 1. The van der Waals surface area contributed by atoms with Crippen LogP contribution in [0, 0.1) is 0 Å². The van der Waals surface area contributed by atoms with Crippen molar-refractivity contribution >= 4 is 34.0 Å². The first-order valence-electron chi connectivity index (χ1n) is 9.49. The van der Waals surface area contributed by atoms with Crippen molar-refractivity contribution in [3.05, 3.63) is 28.2 Å². The SMILES string of the molecule is CCCCCCCCCC(=O)NCC(=O)N/N=C\c1cc(Br)ccc1OC. The Morgan fingerprint density at radius 2 is 1.81 bits per heavy atom. The molecular weight excluding hydrogens is 410 g/mol. The second kappa shape index (κ2) is 14.2. The predicted molar refractivity (Wildman–Crippen MR) is 112 cm³/mol. The van der Waals surface area contributed by atoms with Crippen LogP contribution in [0.25, 0.3) is 0 Å². The van der Waals surface area contributed by atoms with Gasteiger partial charge in [0.1, 0.15) is 5.75 Å². The number of hydrogen-bond acceptors (Lipinski definition) is 4. The zero-order chi connectivity index (χ0) is 19.9. The van der Waals surface area contributed by atoms with Crippen molar-refractivity contribution in [1.29, 1.82) is 0 Å². The molecule has 0 aliphatic heterocycles. The van der Waals surface area contributed by atoms with Gasteiger partial charge in [-0.15, -0.1) is 0 Å². The molecule has 6 nitrogen and oxygen atoms in total. The third-order valence-corrected chi connectivity index (χ3v) is 4.53. The normalized spacial score (nSPS) is 10.8. The highest BCUT2D eigenvalue weighted by Crippen LogP contribution is 2.21. The zero-order valence-corrected chi connectivity index (χ0v) is 17.8. The Kier molecular flexibility index (Phi) is 12.2. The molecule has 0 saturated carbocycles. The van der Waals surface area contributed by atoms with Gasteiger partial charge in [0.2, 0.25) is 5.91 Å². The maximum absolute atomic E-state index is 11.8. The van der Waals surface area contributed by atoms with E-state index in [1.54, 1.807) is 13.2 Å². The fourth-order valence-corrected chi connectivity index (χ4v) is 2.91. The smallest absolute Gasteiger partial charge is 0.259 e. The molecule has 0 aromatic heterocycles. The number of methoxy groups -OCH3 is 1. The molecule has 0 radical (unpaired) electrons. The van der Waals surface area contributed by atoms with E-state index in [2.05, 4.69) is 38.7 Å². The van der Waals surface area contributed by atoms with Crippen molar-refractivity contribution in [2.45, 2.75) is 58.3 Å². The summed E-state index contributed by atoms with van der Waals surface area (Å²) in [5, 5.41) is 6.52. The number of nitrogens with one attached hydrogen (secondary N) is 2. The Bertz CT molecular complexity index is 620. The number of carbonyl (C=O) groups is 2. The van der Waals surface area contributed by atoms with Crippen molar-refractivity contribution in [2.75, 3.05) is 13.7 Å². The minimum absolute atomic E-state index is 0.0811. The standard InChI is InChI=1S/C20H30BrN3O3/c1-3-4-5-6-7-8-9-10-19(25)22-15-20(26)24-23-14-16-13-17(21)11-12-18(16)27-2/h11-14H,3-10,15H2,1-2H3,(H,22,25)(H,24,26)/b23-14-. The Morgan fingerprint density at radius 3 is 2.52 bits per heavy atom. The monoisotopic (exact) mass is 439 g/mol. The lowest BCUT2D eigenvalue weighted by molar-refractivity contribution is -0.126. The highest BCUT2D eigenvalue weighted by atomic mass is 79.9. The maximum Gasteiger partial charge on any atom is 0.259 e. The van der Waals surface area contributed by atoms with Crippen molar-refractivity contribution in [2.24, 2.45) is 5.10 Å². The fraction of sp³-hybridized carbons (Fsp3) is 0.550. The molecule has 27 heavy (non-hydrogen) atoms. The number of benzene rings is 1. The molecule has 1 rings (SSSR count). The lowest BCUT2D eigenvalue weighted by atomic mass is 10.1. The third-order valence-electron chi connectivity index (χ3n) is 4.04. The van der Waals surface area contributed by atoms with Gasteiger partial charge in [0.15, 0.2) is 0 Å². The largest absolute Gasteiger partial charge is 0.496 e. The van der Waals surface area contributed by atoms with Crippen LogP contribution in [0.4, 0.5) is 0 Å². The first-order valence-corrected chi connectivity index (χ1v) is 10.3. The minimum Gasteiger partial charge on any atom is -0.496 e. The van der Waals surface area contributed by atoms with Crippen LogP contribution >= 0.6 is 15.9 Å². The number of hydrogen-bond donors (Lipinski definition) is 2. The molecule has 0 bridgehead atoms. The second-order valence-electron chi connectivity index (χ2n) is 6.33. The van der Waals surface area contributed by atoms with Gasteiger partial charge in [-0.3, -0.25) is 9.59 Å². The number of halogens is 1. The molecular formula is C20H30BrN3O3. The quantitative estimate of drug-likeness (QED) is 0.275. The number of rotatable bonds is 13. The average molecular weight is 440 g/mol. The van der Waals surface area contributed by atoms with Gasteiger partial charge < -0.3 is 10.1 Å². The molecule has 7 heteroatoms. The Labute approximate surface area is 170 Å². The van der Waals surface area contributed by atoms with Crippen LogP contribution in [-0.2, 0) is 9.59 Å². The second-order valence-corrected chi connectivity index (χ2v) is 7.24. The van der Waals surface area contributed by atoms with E-state index in [4.69, 9.17) is 4.74 Å². The van der Waals surface area contributed by atoms with E-state index in [1.807, 2.05) is 12.1 Å². The lowest BCUT2D eigenvalue weighted by Crippen LogP contribution is -2.34. The predicted octanol–water partition coefficient (Wildman–Crippen LogP) is 4.16. The van der Waals surface area contributed by atoms with Crippen LogP contribution in [0.15, 0.2) is 27.8 Å². The minimum atomic E-state index is -0.367. The lowest BCUT2D eigenvalue weighted by Gasteiger charge is -2.06. The molecule has 2 amide bonds. The van der Waals surface area contributed by atoms with Crippen LogP contribution in [-0.4, -0.2) is 31.7 Å². The van der Waals surface area contributed by atoms with Crippen LogP contribution in [0.3, 0.4) is 0 Å². The molecule has 0 heterocycles.